The molecule has 0 amide bonds. The van der Waals surface area contributed by atoms with Crippen molar-refractivity contribution in [3.05, 3.63) is 38.8 Å². The molecule has 72 valence electrons. The molecule has 2 heterocycles. The van der Waals surface area contributed by atoms with Crippen molar-refractivity contribution in [2.45, 2.75) is 6.92 Å². The first-order valence-electron chi connectivity index (χ1n) is 4.10. The number of nitrogens with zero attached hydrogens (tertiary/aromatic N) is 3. The first-order valence-corrected chi connectivity index (χ1v) is 4.10. The summed E-state index contributed by atoms with van der Waals surface area (Å²) in [7, 11) is 1.58. The molecular formula is C9H8N3O2Rb. The van der Waals surface area contributed by atoms with Crippen molar-refractivity contribution in [2.75, 3.05) is 0 Å². The van der Waals surface area contributed by atoms with Crippen molar-refractivity contribution in [1.29, 1.82) is 0 Å². The Morgan fingerprint density at radius 2 is 2.07 bits per heavy atom. The van der Waals surface area contributed by atoms with Crippen molar-refractivity contribution >= 4 is 10.9 Å². The van der Waals surface area contributed by atoms with E-state index in [0.29, 0.717) is 11.2 Å². The number of hydrogen-bond donors (Lipinski definition) is 0. The van der Waals surface area contributed by atoms with Gasteiger partial charge in [0, 0.05) is 7.05 Å². The molecule has 2 aromatic rings. The quantitative estimate of drug-likeness (QED) is 0.502. The summed E-state index contributed by atoms with van der Waals surface area (Å²) in [6.07, 6.45) is 1.44. The molecule has 0 bridgehead atoms. The second-order valence-electron chi connectivity index (χ2n) is 3.08. The molecule has 0 saturated heterocycles. The second-order valence-corrected chi connectivity index (χ2v) is 3.08. The minimum atomic E-state index is -0.361. The van der Waals surface area contributed by atoms with Crippen LogP contribution < -0.4 is 74.4 Å². The molecule has 2 rings (SSSR count). The molecule has 0 atom stereocenters. The van der Waals surface area contributed by atoms with E-state index >= 15 is 0 Å². The number of hydrogen-bond acceptors (Lipinski definition) is 3. The topological polar surface area (TPSA) is 66.1 Å². The number of aromatic nitrogens is 3. The van der Waals surface area contributed by atoms with E-state index in [2.05, 4.69) is 9.97 Å². The smallest absolute Gasteiger partial charge is 0.629 e. The third-order valence-electron chi connectivity index (χ3n) is 2.16. The summed E-state index contributed by atoms with van der Waals surface area (Å²) >= 11 is 0. The summed E-state index contributed by atoms with van der Waals surface area (Å²) in [5.74, 6) is 0. The normalized spacial score (nSPS) is 10.0. The second kappa shape index (κ2) is 4.82. The van der Waals surface area contributed by atoms with Gasteiger partial charge in [-0.2, -0.15) is 11.2 Å². The molecule has 0 radical (unpaired) electrons. The van der Waals surface area contributed by atoms with Crippen LogP contribution >= 0.6 is 0 Å². The van der Waals surface area contributed by atoms with Crippen molar-refractivity contribution < 1.29 is 58.2 Å². The fourth-order valence-corrected chi connectivity index (χ4v) is 1.36. The van der Waals surface area contributed by atoms with Crippen LogP contribution in [0.25, 0.3) is 10.9 Å². The largest absolute Gasteiger partial charge is 1.00 e. The number of fused-ring (bicyclic) bond motifs is 1. The summed E-state index contributed by atoms with van der Waals surface area (Å²) in [4.78, 5) is 29.7. The molecule has 2 aromatic heterocycles. The van der Waals surface area contributed by atoms with Gasteiger partial charge < -0.3 is 9.78 Å². The number of pyridine rings is 1. The fourth-order valence-electron chi connectivity index (χ4n) is 1.36. The molecule has 5 nitrogen and oxygen atoms in total. The van der Waals surface area contributed by atoms with Crippen LogP contribution in [0, 0.1) is 6.92 Å². The minimum absolute atomic E-state index is 0. The maximum atomic E-state index is 11.3. The summed E-state index contributed by atoms with van der Waals surface area (Å²) in [5.41, 5.74) is 0.455. The van der Waals surface area contributed by atoms with Gasteiger partial charge in [0.05, 0.1) is 16.8 Å². The third kappa shape index (κ3) is 2.35. The van der Waals surface area contributed by atoms with Gasteiger partial charge >= 0.3 is 63.9 Å². The average molecular weight is 276 g/mol. The van der Waals surface area contributed by atoms with Crippen LogP contribution in [-0.4, -0.2) is 9.55 Å². The average Bonchev–Trinajstić information content (AvgIpc) is 2.14. The molecule has 0 saturated carbocycles. The van der Waals surface area contributed by atoms with E-state index in [9.17, 15) is 9.59 Å². The van der Waals surface area contributed by atoms with Crippen LogP contribution in [0.1, 0.15) is 5.69 Å². The van der Waals surface area contributed by atoms with Crippen LogP contribution in [0.5, 0.6) is 0 Å². The summed E-state index contributed by atoms with van der Waals surface area (Å²) in [6.45, 7) is 1.72. The molecular weight excluding hydrogens is 268 g/mol. The van der Waals surface area contributed by atoms with Gasteiger partial charge in [0.1, 0.15) is 0 Å². The Labute approximate surface area is 134 Å². The summed E-state index contributed by atoms with van der Waals surface area (Å²) in [5, 5.41) is 0.728. The summed E-state index contributed by atoms with van der Waals surface area (Å²) < 4.78 is 1.34. The van der Waals surface area contributed by atoms with E-state index < -0.39 is 0 Å². The zero-order chi connectivity index (χ0) is 10.3. The van der Waals surface area contributed by atoms with Gasteiger partial charge in [0.25, 0.3) is 0 Å². The van der Waals surface area contributed by atoms with E-state index in [0.717, 1.165) is 5.39 Å². The Kier molecular flexibility index (Phi) is 4.16. The van der Waals surface area contributed by atoms with Gasteiger partial charge in [-0.25, -0.2) is 4.79 Å². The Hall–Kier alpha value is -0.105. The van der Waals surface area contributed by atoms with E-state index in [1.165, 1.54) is 16.8 Å². The van der Waals surface area contributed by atoms with Gasteiger partial charge in [0.2, 0.25) is 0 Å². The van der Waals surface area contributed by atoms with Crippen LogP contribution in [0.3, 0.4) is 0 Å². The van der Waals surface area contributed by atoms with Crippen LogP contribution in [0.15, 0.2) is 21.9 Å². The monoisotopic (exact) mass is 275 g/mol. The molecule has 0 aromatic carbocycles. The van der Waals surface area contributed by atoms with Crippen molar-refractivity contribution in [2.24, 2.45) is 7.05 Å². The Bertz CT molecular complexity index is 615. The Morgan fingerprint density at radius 3 is 2.73 bits per heavy atom. The van der Waals surface area contributed by atoms with E-state index in [1.54, 1.807) is 14.0 Å². The van der Waals surface area contributed by atoms with Crippen molar-refractivity contribution in [1.82, 2.24) is 14.5 Å². The third-order valence-corrected chi connectivity index (χ3v) is 2.16. The Morgan fingerprint density at radius 1 is 1.40 bits per heavy atom. The van der Waals surface area contributed by atoms with E-state index in [4.69, 9.17) is 0 Å². The maximum Gasteiger partial charge on any atom is 1.00 e. The van der Waals surface area contributed by atoms with Gasteiger partial charge in [0.15, 0.2) is 0 Å². The first kappa shape index (κ1) is 13.0. The molecule has 15 heavy (non-hydrogen) atoms. The van der Waals surface area contributed by atoms with E-state index in [-0.39, 0.29) is 69.4 Å². The van der Waals surface area contributed by atoms with Gasteiger partial charge in [-0.05, 0) is 18.4 Å². The zero-order valence-corrected chi connectivity index (χ0v) is 13.7. The molecule has 0 aliphatic heterocycles. The van der Waals surface area contributed by atoms with Crippen LogP contribution in [0.4, 0.5) is 0 Å². The molecule has 0 N–H and O–H groups in total. The molecule has 0 aliphatic rings. The van der Waals surface area contributed by atoms with E-state index in [1.807, 2.05) is 0 Å². The number of rotatable bonds is 0. The summed E-state index contributed by atoms with van der Waals surface area (Å²) in [6, 6.07) is 1.34. The first-order chi connectivity index (χ1) is 6.59. The molecule has 0 unspecified atom stereocenters. The SMILES string of the molecule is Cc1nc(=O)n(C)c2cc(=O)[n-]cc12.[Rb+]. The predicted octanol–water partition coefficient (Wildman–Crippen LogP) is -3.44. The van der Waals surface area contributed by atoms with Gasteiger partial charge in [-0.3, -0.25) is 4.57 Å². The minimum Gasteiger partial charge on any atom is -0.629 e. The standard InChI is InChI=1S/C9H9N3O2.Rb/c1-5-6-4-10-8(13)3-7(6)12(2)9(14)11-5;/h3-4H,1-2H3,(H,10,11,13,14);/q;+1/p-1. The van der Waals surface area contributed by atoms with Gasteiger partial charge in [-0.15, -0.1) is 0 Å². The predicted molar refractivity (Wildman–Crippen MR) is 51.3 cm³/mol. The molecule has 0 spiro atoms. The Balaban J connectivity index is 0.00000112. The number of aryl methyl sites for hydroxylation is 2. The maximum absolute atomic E-state index is 11.3. The van der Waals surface area contributed by atoms with Crippen LogP contribution in [-0.2, 0) is 7.05 Å². The van der Waals surface area contributed by atoms with Gasteiger partial charge in [-0.1, -0.05) is 0 Å². The van der Waals surface area contributed by atoms with Crippen molar-refractivity contribution in [3.8, 4) is 0 Å². The molecule has 0 aliphatic carbocycles. The fraction of sp³-hybridized carbons (Fsp3) is 0.222. The van der Waals surface area contributed by atoms with Crippen LogP contribution in [0.2, 0.25) is 0 Å². The van der Waals surface area contributed by atoms with Crippen molar-refractivity contribution in [3.63, 3.8) is 0 Å². The molecule has 6 heteroatoms. The zero-order valence-electron chi connectivity index (χ0n) is 8.81. The molecule has 0 fully saturated rings.